The lowest BCUT2D eigenvalue weighted by molar-refractivity contribution is -0.157. The quantitative estimate of drug-likeness (QED) is 0.181. The molecule has 0 aliphatic heterocycles. The second-order valence-corrected chi connectivity index (χ2v) is 11.5. The molecule has 0 N–H and O–H groups in total. The number of nitrogens with zero attached hydrogens (tertiary/aromatic N) is 1. The van der Waals surface area contributed by atoms with Crippen LogP contribution in [-0.2, 0) is 19.1 Å². The minimum atomic E-state index is -0.938. The minimum Gasteiger partial charge on any atom is -0.464 e. The summed E-state index contributed by atoms with van der Waals surface area (Å²) in [5.74, 6) is -0.0140. The Morgan fingerprint density at radius 2 is 1.41 bits per heavy atom. The van der Waals surface area contributed by atoms with Crippen LogP contribution in [0.4, 0.5) is 0 Å². The number of carbonyl (C=O) groups is 2. The first-order chi connectivity index (χ1) is 19.9. The maximum Gasteiger partial charge on any atom is 0.331 e. The number of aliphatic imine (C=N–C) groups is 1. The van der Waals surface area contributed by atoms with Crippen LogP contribution in [0.5, 0.6) is 0 Å². The van der Waals surface area contributed by atoms with E-state index in [0.717, 1.165) is 36.0 Å². The highest BCUT2D eigenvalue weighted by atomic mass is 16.5. The highest BCUT2D eigenvalue weighted by molar-refractivity contribution is 6.13. The molecule has 0 spiro atoms. The van der Waals surface area contributed by atoms with E-state index in [-0.39, 0.29) is 25.1 Å². The Morgan fingerprint density at radius 3 is 1.95 bits per heavy atom. The standard InChI is InChI=1S/C36H43NO4/c1-5-40-36(39)35(37-34(28-17-11-7-12-18-28)29-19-13-8-14-20-29)31(27-15-9-6-10-16-27)24-33(38)41-32-23-26(4)21-22-30(32)25(2)3/h6-20,25-26,30-32,35H,5,21-24H2,1-4H3/t26-,30+,31+,32-,35-/m1/s1. The average Bonchev–Trinajstić information content (AvgIpc) is 2.98. The molecule has 0 unspecified atom stereocenters. The van der Waals surface area contributed by atoms with Crippen molar-refractivity contribution in [2.75, 3.05) is 6.61 Å². The second kappa shape index (κ2) is 14.8. The zero-order valence-electron chi connectivity index (χ0n) is 24.7. The predicted octanol–water partition coefficient (Wildman–Crippen LogP) is 7.63. The maximum atomic E-state index is 13.7. The highest BCUT2D eigenvalue weighted by Crippen LogP contribution is 2.36. The van der Waals surface area contributed by atoms with E-state index >= 15 is 0 Å². The first-order valence-electron chi connectivity index (χ1n) is 15.0. The van der Waals surface area contributed by atoms with Crippen molar-refractivity contribution in [3.63, 3.8) is 0 Å². The van der Waals surface area contributed by atoms with Gasteiger partial charge in [0, 0.05) is 17.0 Å². The summed E-state index contributed by atoms with van der Waals surface area (Å²) in [6.45, 7) is 8.64. The molecule has 1 aliphatic rings. The van der Waals surface area contributed by atoms with Crippen molar-refractivity contribution in [1.82, 2.24) is 0 Å². The van der Waals surface area contributed by atoms with Crippen LogP contribution in [0.25, 0.3) is 0 Å². The van der Waals surface area contributed by atoms with E-state index in [1.165, 1.54) is 0 Å². The Kier molecular flexibility index (Phi) is 10.9. The van der Waals surface area contributed by atoms with Gasteiger partial charge in [0.1, 0.15) is 6.10 Å². The summed E-state index contributed by atoms with van der Waals surface area (Å²) < 4.78 is 11.8. The third-order valence-corrected chi connectivity index (χ3v) is 8.13. The monoisotopic (exact) mass is 553 g/mol. The Labute approximate surface area is 245 Å². The number of benzene rings is 3. The highest BCUT2D eigenvalue weighted by Gasteiger charge is 2.37. The van der Waals surface area contributed by atoms with Crippen molar-refractivity contribution in [2.24, 2.45) is 22.7 Å². The molecule has 3 aromatic rings. The van der Waals surface area contributed by atoms with Crippen molar-refractivity contribution >= 4 is 17.7 Å². The molecule has 5 nitrogen and oxygen atoms in total. The molecule has 5 atom stereocenters. The molecule has 1 saturated carbocycles. The van der Waals surface area contributed by atoms with Crippen LogP contribution in [0, 0.1) is 17.8 Å². The van der Waals surface area contributed by atoms with Crippen molar-refractivity contribution < 1.29 is 19.1 Å². The van der Waals surface area contributed by atoms with E-state index in [9.17, 15) is 9.59 Å². The van der Waals surface area contributed by atoms with Crippen LogP contribution in [0.3, 0.4) is 0 Å². The number of hydrogen-bond donors (Lipinski definition) is 0. The first kappa shape index (κ1) is 30.2. The third-order valence-electron chi connectivity index (χ3n) is 8.13. The van der Waals surface area contributed by atoms with Crippen LogP contribution in [-0.4, -0.2) is 36.4 Å². The van der Waals surface area contributed by atoms with Gasteiger partial charge in [0.15, 0.2) is 6.04 Å². The van der Waals surface area contributed by atoms with E-state index in [1.807, 2.05) is 91.0 Å². The van der Waals surface area contributed by atoms with Crippen molar-refractivity contribution in [3.8, 4) is 0 Å². The molecular weight excluding hydrogens is 510 g/mol. The molecule has 5 heteroatoms. The lowest BCUT2D eigenvalue weighted by Gasteiger charge is -2.37. The SMILES string of the molecule is CCOC(=O)[C@H](N=C(c1ccccc1)c1ccccc1)[C@@H](CC(=O)O[C@@H]1C[C@H](C)CC[C@H]1C(C)C)c1ccccc1. The van der Waals surface area contributed by atoms with Gasteiger partial charge in [-0.05, 0) is 43.1 Å². The summed E-state index contributed by atoms with van der Waals surface area (Å²) in [5, 5.41) is 0. The zero-order valence-corrected chi connectivity index (χ0v) is 24.7. The molecule has 0 heterocycles. The zero-order chi connectivity index (χ0) is 29.2. The molecule has 0 bridgehead atoms. The molecular formula is C36H43NO4. The first-order valence-corrected chi connectivity index (χ1v) is 15.0. The maximum absolute atomic E-state index is 13.7. The van der Waals surface area contributed by atoms with E-state index in [1.54, 1.807) is 6.92 Å². The molecule has 41 heavy (non-hydrogen) atoms. The van der Waals surface area contributed by atoms with Gasteiger partial charge in [0.25, 0.3) is 0 Å². The van der Waals surface area contributed by atoms with Gasteiger partial charge >= 0.3 is 11.9 Å². The third kappa shape index (κ3) is 8.16. The van der Waals surface area contributed by atoms with Gasteiger partial charge < -0.3 is 9.47 Å². The van der Waals surface area contributed by atoms with Gasteiger partial charge in [-0.25, -0.2) is 4.79 Å². The Balaban J connectivity index is 1.74. The summed E-state index contributed by atoms with van der Waals surface area (Å²) in [4.78, 5) is 32.4. The summed E-state index contributed by atoms with van der Waals surface area (Å²) in [6.07, 6.45) is 3.01. The Morgan fingerprint density at radius 1 is 0.854 bits per heavy atom. The summed E-state index contributed by atoms with van der Waals surface area (Å²) >= 11 is 0. The minimum absolute atomic E-state index is 0.0313. The van der Waals surface area contributed by atoms with E-state index in [4.69, 9.17) is 14.5 Å². The van der Waals surface area contributed by atoms with Crippen molar-refractivity contribution in [2.45, 2.75) is 71.4 Å². The molecule has 4 rings (SSSR count). The normalized spacial score (nSPS) is 20.1. The number of ether oxygens (including phenoxy) is 2. The topological polar surface area (TPSA) is 65.0 Å². The molecule has 0 saturated heterocycles. The van der Waals surface area contributed by atoms with Crippen LogP contribution in [0.2, 0.25) is 0 Å². The molecule has 1 aliphatic carbocycles. The van der Waals surface area contributed by atoms with Crippen LogP contribution >= 0.6 is 0 Å². The van der Waals surface area contributed by atoms with Gasteiger partial charge in [-0.3, -0.25) is 9.79 Å². The van der Waals surface area contributed by atoms with Crippen LogP contribution in [0.15, 0.2) is 96.0 Å². The molecule has 3 aromatic carbocycles. The second-order valence-electron chi connectivity index (χ2n) is 11.5. The molecule has 1 fully saturated rings. The van der Waals surface area contributed by atoms with Crippen LogP contribution in [0.1, 0.15) is 76.0 Å². The van der Waals surface area contributed by atoms with E-state index in [0.29, 0.717) is 23.5 Å². The molecule has 0 amide bonds. The summed E-state index contributed by atoms with van der Waals surface area (Å²) in [5.41, 5.74) is 3.31. The fraction of sp³-hybridized carbons (Fsp3) is 0.417. The summed E-state index contributed by atoms with van der Waals surface area (Å²) in [6, 6.07) is 28.4. The fourth-order valence-corrected chi connectivity index (χ4v) is 5.94. The van der Waals surface area contributed by atoms with Gasteiger partial charge in [-0.15, -0.1) is 0 Å². The number of rotatable bonds is 11. The number of carbonyl (C=O) groups excluding carboxylic acids is 2. The van der Waals surface area contributed by atoms with Gasteiger partial charge in [-0.1, -0.05) is 118 Å². The lowest BCUT2D eigenvalue weighted by atomic mass is 9.75. The smallest absolute Gasteiger partial charge is 0.331 e. The van der Waals surface area contributed by atoms with Gasteiger partial charge in [0.05, 0.1) is 18.7 Å². The Hall–Kier alpha value is -3.73. The Bertz CT molecular complexity index is 1230. The number of esters is 2. The van der Waals surface area contributed by atoms with Crippen molar-refractivity contribution in [1.29, 1.82) is 0 Å². The largest absolute Gasteiger partial charge is 0.464 e. The molecule has 0 radical (unpaired) electrons. The van der Waals surface area contributed by atoms with E-state index < -0.39 is 17.9 Å². The average molecular weight is 554 g/mol. The lowest BCUT2D eigenvalue weighted by Crippen LogP contribution is -2.37. The molecule has 216 valence electrons. The molecule has 0 aromatic heterocycles. The predicted molar refractivity (Wildman–Crippen MR) is 164 cm³/mol. The van der Waals surface area contributed by atoms with Crippen LogP contribution < -0.4 is 0 Å². The van der Waals surface area contributed by atoms with Crippen molar-refractivity contribution in [3.05, 3.63) is 108 Å². The van der Waals surface area contributed by atoms with Gasteiger partial charge in [-0.2, -0.15) is 0 Å². The number of hydrogen-bond acceptors (Lipinski definition) is 5. The summed E-state index contributed by atoms with van der Waals surface area (Å²) in [7, 11) is 0. The fourth-order valence-electron chi connectivity index (χ4n) is 5.94. The van der Waals surface area contributed by atoms with E-state index in [2.05, 4.69) is 20.8 Å². The van der Waals surface area contributed by atoms with Gasteiger partial charge in [0.2, 0.25) is 0 Å².